The Kier molecular flexibility index (Phi) is 4.59. The largest absolute Gasteiger partial charge is 0.364 e. The highest BCUT2D eigenvalue weighted by Gasteiger charge is 2.29. The first-order valence-corrected chi connectivity index (χ1v) is 9.31. The fourth-order valence-corrected chi connectivity index (χ4v) is 4.12. The number of aromatic nitrogens is 2. The van der Waals surface area contributed by atoms with E-state index in [9.17, 15) is 13.2 Å². The number of urea groups is 1. The number of carbonyl (C=O) groups is 1. The minimum atomic E-state index is -3.46. The highest BCUT2D eigenvalue weighted by Crippen LogP contribution is 2.14. The highest BCUT2D eigenvalue weighted by molar-refractivity contribution is 7.88. The van der Waals surface area contributed by atoms with E-state index in [1.165, 1.54) is 28.2 Å². The number of hydrogen-bond acceptors (Lipinski definition) is 7. The van der Waals surface area contributed by atoms with Gasteiger partial charge in [-0.2, -0.15) is 8.68 Å². The van der Waals surface area contributed by atoms with Gasteiger partial charge in [-0.25, -0.2) is 13.2 Å². The summed E-state index contributed by atoms with van der Waals surface area (Å²) >= 11 is 1.25. The standard InChI is InChI=1S/C12H15N5O4S2/c18-12(14-11-7-13-22-8-11)16-2-4-17(5-3-16)23(19,20)9-10-1-6-21-15-10/h1,6-8H,2-5,9H2,(H,14,18). The summed E-state index contributed by atoms with van der Waals surface area (Å²) in [6.45, 7) is 1.19. The molecule has 124 valence electrons. The second kappa shape index (κ2) is 6.64. The molecule has 0 bridgehead atoms. The number of piperazine rings is 1. The SMILES string of the molecule is O=C(Nc1cnsc1)N1CCN(S(=O)(=O)Cc2ccon2)CC1. The first kappa shape index (κ1) is 15.9. The fourth-order valence-electron chi connectivity index (χ4n) is 2.23. The first-order valence-electron chi connectivity index (χ1n) is 6.87. The maximum Gasteiger partial charge on any atom is 0.322 e. The fraction of sp³-hybridized carbons (Fsp3) is 0.417. The maximum absolute atomic E-state index is 12.3. The lowest BCUT2D eigenvalue weighted by Gasteiger charge is -2.33. The average Bonchev–Trinajstić information content (AvgIpc) is 3.21. The summed E-state index contributed by atoms with van der Waals surface area (Å²) < 4.78 is 34.5. The van der Waals surface area contributed by atoms with Crippen LogP contribution in [0.4, 0.5) is 10.5 Å². The van der Waals surface area contributed by atoms with Crippen LogP contribution in [0.1, 0.15) is 5.69 Å². The number of rotatable bonds is 4. The molecule has 0 saturated carbocycles. The van der Waals surface area contributed by atoms with Crippen LogP contribution in [0.2, 0.25) is 0 Å². The van der Waals surface area contributed by atoms with Crippen molar-refractivity contribution < 1.29 is 17.7 Å². The summed E-state index contributed by atoms with van der Waals surface area (Å²) in [5.74, 6) is -0.198. The predicted molar refractivity (Wildman–Crippen MR) is 83.4 cm³/mol. The number of nitrogens with one attached hydrogen (secondary N) is 1. The van der Waals surface area contributed by atoms with E-state index in [0.29, 0.717) is 24.5 Å². The van der Waals surface area contributed by atoms with Crippen molar-refractivity contribution in [2.24, 2.45) is 0 Å². The van der Waals surface area contributed by atoms with Crippen molar-refractivity contribution in [1.82, 2.24) is 18.7 Å². The van der Waals surface area contributed by atoms with E-state index in [1.54, 1.807) is 16.5 Å². The molecule has 11 heteroatoms. The smallest absolute Gasteiger partial charge is 0.322 e. The molecule has 1 N–H and O–H groups in total. The number of hydrogen-bond donors (Lipinski definition) is 1. The number of amides is 2. The van der Waals surface area contributed by atoms with E-state index in [2.05, 4.69) is 19.4 Å². The summed E-state index contributed by atoms with van der Waals surface area (Å²) in [4.78, 5) is 13.7. The topological polar surface area (TPSA) is 109 Å². The minimum Gasteiger partial charge on any atom is -0.364 e. The van der Waals surface area contributed by atoms with Gasteiger partial charge in [-0.05, 0) is 11.5 Å². The van der Waals surface area contributed by atoms with Crippen LogP contribution in [0.25, 0.3) is 0 Å². The zero-order chi connectivity index (χ0) is 16.3. The van der Waals surface area contributed by atoms with Gasteiger partial charge in [0.2, 0.25) is 10.0 Å². The van der Waals surface area contributed by atoms with Crippen LogP contribution in [0.3, 0.4) is 0 Å². The zero-order valence-electron chi connectivity index (χ0n) is 12.1. The molecule has 2 aromatic heterocycles. The Morgan fingerprint density at radius 3 is 2.74 bits per heavy atom. The Balaban J connectivity index is 1.54. The second-order valence-electron chi connectivity index (χ2n) is 4.98. The van der Waals surface area contributed by atoms with Gasteiger partial charge in [-0.3, -0.25) is 0 Å². The molecular formula is C12H15N5O4S2. The number of sulfonamides is 1. The predicted octanol–water partition coefficient (Wildman–Crippen LogP) is 0.811. The quantitative estimate of drug-likeness (QED) is 0.867. The van der Waals surface area contributed by atoms with Gasteiger partial charge < -0.3 is 14.7 Å². The van der Waals surface area contributed by atoms with E-state index >= 15 is 0 Å². The molecule has 1 aliphatic rings. The molecule has 3 rings (SSSR count). The molecule has 1 aliphatic heterocycles. The van der Waals surface area contributed by atoms with Crippen molar-refractivity contribution in [1.29, 1.82) is 0 Å². The molecule has 0 atom stereocenters. The highest BCUT2D eigenvalue weighted by atomic mass is 32.2. The number of carbonyl (C=O) groups excluding carboxylic acids is 1. The average molecular weight is 357 g/mol. The van der Waals surface area contributed by atoms with E-state index < -0.39 is 10.0 Å². The zero-order valence-corrected chi connectivity index (χ0v) is 13.7. The third-order valence-corrected chi connectivity index (χ3v) is 5.82. The van der Waals surface area contributed by atoms with Gasteiger partial charge in [-0.1, -0.05) is 5.16 Å². The van der Waals surface area contributed by atoms with E-state index in [1.807, 2.05) is 0 Å². The molecule has 9 nitrogen and oxygen atoms in total. The van der Waals surface area contributed by atoms with E-state index in [-0.39, 0.29) is 24.9 Å². The molecule has 3 heterocycles. The lowest BCUT2D eigenvalue weighted by Crippen LogP contribution is -2.51. The molecule has 0 unspecified atom stereocenters. The normalized spacial score (nSPS) is 16.4. The minimum absolute atomic E-state index is 0.198. The van der Waals surface area contributed by atoms with Crippen LogP contribution in [0, 0.1) is 0 Å². The Bertz CT molecular complexity index is 737. The monoisotopic (exact) mass is 357 g/mol. The molecule has 2 aromatic rings. The molecule has 23 heavy (non-hydrogen) atoms. The summed E-state index contributed by atoms with van der Waals surface area (Å²) in [6, 6.07) is 1.27. The second-order valence-corrected chi connectivity index (χ2v) is 7.60. The van der Waals surface area contributed by atoms with Crippen LogP contribution in [0.15, 0.2) is 28.4 Å². The van der Waals surface area contributed by atoms with Crippen LogP contribution < -0.4 is 5.32 Å². The van der Waals surface area contributed by atoms with Gasteiger partial charge in [0, 0.05) is 37.6 Å². The molecule has 0 aromatic carbocycles. The number of anilines is 1. The van der Waals surface area contributed by atoms with E-state index in [0.717, 1.165) is 0 Å². The van der Waals surface area contributed by atoms with Crippen molar-refractivity contribution in [3.8, 4) is 0 Å². The lowest BCUT2D eigenvalue weighted by atomic mass is 10.4. The maximum atomic E-state index is 12.3. The molecule has 1 saturated heterocycles. The van der Waals surface area contributed by atoms with Crippen molar-refractivity contribution in [3.05, 3.63) is 29.6 Å². The van der Waals surface area contributed by atoms with Crippen molar-refractivity contribution in [2.75, 3.05) is 31.5 Å². The Hall–Kier alpha value is -1.98. The Labute approximate surface area is 137 Å². The first-order chi connectivity index (χ1) is 11.0. The summed E-state index contributed by atoms with van der Waals surface area (Å²) in [7, 11) is -3.46. The lowest BCUT2D eigenvalue weighted by molar-refractivity contribution is 0.184. The van der Waals surface area contributed by atoms with Crippen LogP contribution in [0.5, 0.6) is 0 Å². The third kappa shape index (κ3) is 3.86. The van der Waals surface area contributed by atoms with E-state index in [4.69, 9.17) is 0 Å². The summed E-state index contributed by atoms with van der Waals surface area (Å²) in [5, 5.41) is 8.08. The third-order valence-electron chi connectivity index (χ3n) is 3.42. The van der Waals surface area contributed by atoms with Crippen molar-refractivity contribution in [3.63, 3.8) is 0 Å². The van der Waals surface area contributed by atoms with Gasteiger partial charge in [0.15, 0.2) is 0 Å². The Morgan fingerprint density at radius 2 is 2.13 bits per heavy atom. The summed E-state index contributed by atoms with van der Waals surface area (Å²) in [6.07, 6.45) is 2.91. The van der Waals surface area contributed by atoms with Gasteiger partial charge in [0.05, 0.1) is 17.6 Å². The molecule has 0 radical (unpaired) electrons. The molecule has 2 amide bonds. The number of nitrogens with zero attached hydrogens (tertiary/aromatic N) is 4. The van der Waals surface area contributed by atoms with Gasteiger partial charge >= 0.3 is 6.03 Å². The molecule has 0 spiro atoms. The Morgan fingerprint density at radius 1 is 1.35 bits per heavy atom. The van der Waals surface area contributed by atoms with Crippen LogP contribution >= 0.6 is 11.5 Å². The molecule has 1 fully saturated rings. The molecular weight excluding hydrogens is 342 g/mol. The van der Waals surface area contributed by atoms with Crippen molar-refractivity contribution in [2.45, 2.75) is 5.75 Å². The van der Waals surface area contributed by atoms with Gasteiger partial charge in [0.25, 0.3) is 0 Å². The van der Waals surface area contributed by atoms with Crippen LogP contribution in [-0.2, 0) is 15.8 Å². The summed E-state index contributed by atoms with van der Waals surface area (Å²) in [5.41, 5.74) is 1.01. The van der Waals surface area contributed by atoms with Gasteiger partial charge in [-0.15, -0.1) is 0 Å². The van der Waals surface area contributed by atoms with Crippen LogP contribution in [-0.4, -0.2) is 59.4 Å². The molecule has 0 aliphatic carbocycles. The van der Waals surface area contributed by atoms with Crippen molar-refractivity contribution >= 4 is 33.3 Å². The van der Waals surface area contributed by atoms with Gasteiger partial charge in [0.1, 0.15) is 12.0 Å².